The molecular formula is C19H22Cl2N4O. The second kappa shape index (κ2) is 8.54. The summed E-state index contributed by atoms with van der Waals surface area (Å²) in [5, 5.41) is 3.31. The lowest BCUT2D eigenvalue weighted by Crippen LogP contribution is -2.52. The minimum absolute atomic E-state index is 0. The van der Waals surface area contributed by atoms with Gasteiger partial charge in [0.15, 0.2) is 0 Å². The van der Waals surface area contributed by atoms with Gasteiger partial charge in [0.05, 0.1) is 11.0 Å². The number of halogens is 2. The Kier molecular flexibility index (Phi) is 6.64. The quantitative estimate of drug-likeness (QED) is 0.727. The maximum atomic E-state index is 12.7. The number of amides is 1. The van der Waals surface area contributed by atoms with Gasteiger partial charge in [0.25, 0.3) is 5.91 Å². The van der Waals surface area contributed by atoms with Gasteiger partial charge in [-0.25, -0.2) is 4.98 Å². The zero-order valence-corrected chi connectivity index (χ0v) is 16.1. The summed E-state index contributed by atoms with van der Waals surface area (Å²) in [5.74, 6) is 0.103. The predicted molar refractivity (Wildman–Crippen MR) is 109 cm³/mol. The molecule has 4 rings (SSSR count). The Morgan fingerprint density at radius 2 is 1.85 bits per heavy atom. The van der Waals surface area contributed by atoms with Crippen LogP contribution in [0.15, 0.2) is 54.9 Å². The van der Waals surface area contributed by atoms with Crippen molar-refractivity contribution in [1.29, 1.82) is 0 Å². The van der Waals surface area contributed by atoms with Gasteiger partial charge >= 0.3 is 0 Å². The maximum absolute atomic E-state index is 12.7. The first-order valence-electron chi connectivity index (χ1n) is 8.28. The molecular weight excluding hydrogens is 371 g/mol. The third-order valence-corrected chi connectivity index (χ3v) is 4.61. The van der Waals surface area contributed by atoms with Gasteiger partial charge in [-0.15, -0.1) is 24.8 Å². The molecule has 0 radical (unpaired) electrons. The van der Waals surface area contributed by atoms with Crippen LogP contribution in [-0.2, 0) is 0 Å². The molecule has 1 aliphatic rings. The highest BCUT2D eigenvalue weighted by molar-refractivity contribution is 5.94. The minimum Gasteiger partial charge on any atom is -0.333 e. The summed E-state index contributed by atoms with van der Waals surface area (Å²) in [7, 11) is 0. The van der Waals surface area contributed by atoms with Gasteiger partial charge in [-0.2, -0.15) is 0 Å². The molecule has 0 unspecified atom stereocenters. The van der Waals surface area contributed by atoms with Gasteiger partial charge in [-0.3, -0.25) is 9.36 Å². The third-order valence-electron chi connectivity index (χ3n) is 4.61. The number of carbonyl (C=O) groups excluding carboxylic acids is 1. The van der Waals surface area contributed by atoms with E-state index in [9.17, 15) is 4.79 Å². The molecule has 2 heterocycles. The van der Waals surface area contributed by atoms with Crippen LogP contribution in [0.2, 0.25) is 0 Å². The number of fused-ring (bicyclic) bond motifs is 1. The normalized spacial score (nSPS) is 16.7. The lowest BCUT2D eigenvalue weighted by Gasteiger charge is -2.34. The largest absolute Gasteiger partial charge is 0.333 e. The molecule has 0 saturated carbocycles. The number of para-hydroxylation sites is 2. The number of rotatable bonds is 2. The van der Waals surface area contributed by atoms with E-state index in [2.05, 4.69) is 17.2 Å². The van der Waals surface area contributed by atoms with Gasteiger partial charge in [0, 0.05) is 36.9 Å². The molecule has 0 bridgehead atoms. The lowest BCUT2D eigenvalue weighted by atomic mass is 10.1. The highest BCUT2D eigenvalue weighted by Crippen LogP contribution is 2.19. The first-order valence-corrected chi connectivity index (χ1v) is 8.28. The van der Waals surface area contributed by atoms with Crippen molar-refractivity contribution in [1.82, 2.24) is 19.8 Å². The van der Waals surface area contributed by atoms with E-state index in [0.29, 0.717) is 0 Å². The van der Waals surface area contributed by atoms with Gasteiger partial charge in [0.1, 0.15) is 6.33 Å². The maximum Gasteiger partial charge on any atom is 0.254 e. The van der Waals surface area contributed by atoms with E-state index in [1.165, 1.54) is 0 Å². The summed E-state index contributed by atoms with van der Waals surface area (Å²) in [6.07, 6.45) is 1.82. The number of benzene rings is 2. The van der Waals surface area contributed by atoms with Gasteiger partial charge in [-0.05, 0) is 43.3 Å². The number of nitrogens with one attached hydrogen (secondary N) is 1. The Morgan fingerprint density at radius 3 is 2.58 bits per heavy atom. The predicted octanol–water partition coefficient (Wildman–Crippen LogP) is 3.30. The molecule has 1 fully saturated rings. The molecule has 2 aromatic carbocycles. The van der Waals surface area contributed by atoms with Gasteiger partial charge in [-0.1, -0.05) is 12.1 Å². The molecule has 5 nitrogen and oxygen atoms in total. The van der Waals surface area contributed by atoms with Crippen LogP contribution in [0.5, 0.6) is 0 Å². The molecule has 1 aliphatic heterocycles. The van der Waals surface area contributed by atoms with Crippen LogP contribution in [0.25, 0.3) is 16.7 Å². The Labute approximate surface area is 165 Å². The number of imidazole rings is 1. The summed E-state index contributed by atoms with van der Waals surface area (Å²) >= 11 is 0. The average molecular weight is 393 g/mol. The summed E-state index contributed by atoms with van der Waals surface area (Å²) in [6.45, 7) is 4.55. The van der Waals surface area contributed by atoms with E-state index in [1.807, 2.05) is 64.3 Å². The van der Waals surface area contributed by atoms with Crippen LogP contribution in [0.4, 0.5) is 0 Å². The fourth-order valence-corrected chi connectivity index (χ4v) is 3.24. The molecule has 26 heavy (non-hydrogen) atoms. The van der Waals surface area contributed by atoms with Crippen LogP contribution in [0, 0.1) is 0 Å². The number of piperazine rings is 1. The smallest absolute Gasteiger partial charge is 0.254 e. The summed E-state index contributed by atoms with van der Waals surface area (Å²) in [5.41, 5.74) is 3.77. The Bertz CT molecular complexity index is 879. The number of hydrogen-bond acceptors (Lipinski definition) is 3. The fourth-order valence-electron chi connectivity index (χ4n) is 3.24. The van der Waals surface area contributed by atoms with E-state index in [-0.39, 0.29) is 36.8 Å². The van der Waals surface area contributed by atoms with Crippen LogP contribution < -0.4 is 5.32 Å². The number of hydrogen-bond donors (Lipinski definition) is 1. The van der Waals surface area contributed by atoms with Crippen LogP contribution in [0.1, 0.15) is 17.3 Å². The standard InChI is InChI=1S/C19H20N4O.2ClH/c1-14-12-20-10-11-22(14)19(24)15-6-8-16(9-7-15)23-13-21-17-4-2-3-5-18(17)23;;/h2-9,13-14,20H,10-12H2,1H3;2*1H/t14-;;/m0../s1. The van der Waals surface area contributed by atoms with Crippen LogP contribution in [0.3, 0.4) is 0 Å². The van der Waals surface area contributed by atoms with Gasteiger partial charge in [0.2, 0.25) is 0 Å². The van der Waals surface area contributed by atoms with Crippen LogP contribution in [-0.4, -0.2) is 46.0 Å². The number of nitrogens with zero attached hydrogens (tertiary/aromatic N) is 3. The molecule has 0 aliphatic carbocycles. The van der Waals surface area contributed by atoms with Crippen molar-refractivity contribution in [2.75, 3.05) is 19.6 Å². The zero-order chi connectivity index (χ0) is 16.5. The molecule has 3 aromatic rings. The van der Waals surface area contributed by atoms with E-state index in [1.54, 1.807) is 0 Å². The second-order valence-corrected chi connectivity index (χ2v) is 6.20. The molecule has 0 spiro atoms. The topological polar surface area (TPSA) is 50.2 Å². The summed E-state index contributed by atoms with van der Waals surface area (Å²) < 4.78 is 2.04. The summed E-state index contributed by atoms with van der Waals surface area (Å²) in [6, 6.07) is 16.0. The average Bonchev–Trinajstić information content (AvgIpc) is 3.06. The van der Waals surface area contributed by atoms with Crippen molar-refractivity contribution in [2.45, 2.75) is 13.0 Å². The van der Waals surface area contributed by atoms with Crippen molar-refractivity contribution in [3.05, 3.63) is 60.4 Å². The molecule has 1 saturated heterocycles. The van der Waals surface area contributed by atoms with Crippen molar-refractivity contribution >= 4 is 41.8 Å². The van der Waals surface area contributed by atoms with Crippen molar-refractivity contribution in [3.8, 4) is 5.69 Å². The lowest BCUT2D eigenvalue weighted by molar-refractivity contribution is 0.0656. The van der Waals surface area contributed by atoms with Crippen molar-refractivity contribution in [3.63, 3.8) is 0 Å². The molecule has 1 N–H and O–H groups in total. The highest BCUT2D eigenvalue weighted by atomic mass is 35.5. The molecule has 7 heteroatoms. The first kappa shape index (κ1) is 20.2. The minimum atomic E-state index is 0. The van der Waals surface area contributed by atoms with E-state index in [4.69, 9.17) is 0 Å². The monoisotopic (exact) mass is 392 g/mol. The Hall–Kier alpha value is -2.08. The molecule has 138 valence electrons. The van der Waals surface area contributed by atoms with E-state index < -0.39 is 0 Å². The van der Waals surface area contributed by atoms with Crippen LogP contribution >= 0.6 is 24.8 Å². The number of carbonyl (C=O) groups is 1. The third kappa shape index (κ3) is 3.70. The fraction of sp³-hybridized carbons (Fsp3) is 0.263. The second-order valence-electron chi connectivity index (χ2n) is 6.20. The summed E-state index contributed by atoms with van der Waals surface area (Å²) in [4.78, 5) is 19.1. The Morgan fingerprint density at radius 1 is 1.12 bits per heavy atom. The van der Waals surface area contributed by atoms with Crippen molar-refractivity contribution < 1.29 is 4.79 Å². The molecule has 1 aromatic heterocycles. The SMILES string of the molecule is C[C@H]1CNCCN1C(=O)c1ccc(-n2cnc3ccccc32)cc1.Cl.Cl. The number of aromatic nitrogens is 2. The van der Waals surface area contributed by atoms with E-state index in [0.717, 1.165) is 41.9 Å². The molecule has 1 atom stereocenters. The van der Waals surface area contributed by atoms with Crippen molar-refractivity contribution in [2.24, 2.45) is 0 Å². The van der Waals surface area contributed by atoms with Gasteiger partial charge < -0.3 is 10.2 Å². The zero-order valence-electron chi connectivity index (χ0n) is 14.5. The Balaban J connectivity index is 0.00000121. The van der Waals surface area contributed by atoms with E-state index >= 15 is 0 Å². The molecule has 1 amide bonds. The first-order chi connectivity index (χ1) is 11.7. The highest BCUT2D eigenvalue weighted by Gasteiger charge is 2.23.